The van der Waals surface area contributed by atoms with Gasteiger partial charge < -0.3 is 5.11 Å². The van der Waals surface area contributed by atoms with Crippen molar-refractivity contribution < 1.29 is 5.11 Å². The summed E-state index contributed by atoms with van der Waals surface area (Å²) in [5.74, 6) is 1.58. The zero-order valence-corrected chi connectivity index (χ0v) is 37.0. The van der Waals surface area contributed by atoms with Crippen molar-refractivity contribution in [2.45, 2.75) is 118 Å². The SMILES string of the molecule is CC(C)c1cccc(C(C)C)c1-n1c(-c2cc(C(C)(C)C)cc(C(C)(C)C)c2O)nc2c(-c3cc(-c4cccc(-c5ccccc5)c4)cc(C(C)(C)C)c3)cccc21. The van der Waals surface area contributed by atoms with Crippen LogP contribution in [0.4, 0.5) is 0 Å². The predicted molar refractivity (Wildman–Crippen MR) is 249 cm³/mol. The van der Waals surface area contributed by atoms with E-state index in [4.69, 9.17) is 4.98 Å². The Labute approximate surface area is 347 Å². The predicted octanol–water partition coefficient (Wildman–Crippen LogP) is 15.5. The first-order valence-corrected chi connectivity index (χ1v) is 21.1. The molecule has 0 saturated carbocycles. The Morgan fingerprint density at radius 3 is 1.59 bits per heavy atom. The topological polar surface area (TPSA) is 38.0 Å². The first-order chi connectivity index (χ1) is 27.2. The van der Waals surface area contributed by atoms with Crippen LogP contribution in [-0.2, 0) is 16.2 Å². The molecule has 0 radical (unpaired) electrons. The van der Waals surface area contributed by atoms with Gasteiger partial charge in [0.05, 0.1) is 22.3 Å². The Kier molecular flexibility index (Phi) is 10.6. The van der Waals surface area contributed by atoms with Crippen molar-refractivity contribution in [2.75, 3.05) is 0 Å². The van der Waals surface area contributed by atoms with Crippen LogP contribution in [0, 0.1) is 0 Å². The Morgan fingerprint density at radius 1 is 0.483 bits per heavy atom. The minimum Gasteiger partial charge on any atom is -0.507 e. The molecule has 298 valence electrons. The summed E-state index contributed by atoms with van der Waals surface area (Å²) in [7, 11) is 0. The van der Waals surface area contributed by atoms with E-state index in [0.717, 1.165) is 44.8 Å². The van der Waals surface area contributed by atoms with Gasteiger partial charge in [0.25, 0.3) is 0 Å². The van der Waals surface area contributed by atoms with E-state index in [1.54, 1.807) is 0 Å². The van der Waals surface area contributed by atoms with Gasteiger partial charge >= 0.3 is 0 Å². The van der Waals surface area contributed by atoms with Gasteiger partial charge in [-0.1, -0.05) is 187 Å². The normalized spacial score (nSPS) is 12.6. The molecule has 0 aliphatic heterocycles. The fourth-order valence-corrected chi connectivity index (χ4v) is 8.21. The molecular formula is C55H62N2O. The maximum atomic E-state index is 12.4. The molecule has 7 aromatic rings. The van der Waals surface area contributed by atoms with Crippen LogP contribution in [0.15, 0.2) is 121 Å². The summed E-state index contributed by atoms with van der Waals surface area (Å²) in [6.07, 6.45) is 0. The van der Waals surface area contributed by atoms with Crippen LogP contribution >= 0.6 is 0 Å². The molecule has 0 aliphatic rings. The molecule has 0 bridgehead atoms. The van der Waals surface area contributed by atoms with Crippen molar-refractivity contribution in [3.8, 4) is 56.2 Å². The molecule has 0 fully saturated rings. The van der Waals surface area contributed by atoms with E-state index in [9.17, 15) is 5.11 Å². The van der Waals surface area contributed by atoms with Crippen molar-refractivity contribution >= 4 is 11.0 Å². The van der Waals surface area contributed by atoms with Gasteiger partial charge in [-0.15, -0.1) is 0 Å². The number of aromatic hydroxyl groups is 1. The van der Waals surface area contributed by atoms with E-state index in [1.807, 2.05) is 0 Å². The Morgan fingerprint density at radius 2 is 1.00 bits per heavy atom. The summed E-state index contributed by atoms with van der Waals surface area (Å²) in [5, 5.41) is 12.4. The Balaban J connectivity index is 1.59. The van der Waals surface area contributed by atoms with Crippen molar-refractivity contribution in [3.05, 3.63) is 149 Å². The number of fused-ring (bicyclic) bond motifs is 1. The molecule has 0 spiro atoms. The van der Waals surface area contributed by atoms with E-state index >= 15 is 0 Å². The highest BCUT2D eigenvalue weighted by atomic mass is 16.3. The summed E-state index contributed by atoms with van der Waals surface area (Å²) in [5.41, 5.74) is 16.2. The van der Waals surface area contributed by atoms with E-state index in [2.05, 4.69) is 216 Å². The second-order valence-corrected chi connectivity index (χ2v) is 20.0. The van der Waals surface area contributed by atoms with Crippen molar-refractivity contribution in [1.29, 1.82) is 0 Å². The Bertz CT molecular complexity index is 2590. The number of hydrogen-bond donors (Lipinski definition) is 1. The zero-order chi connectivity index (χ0) is 41.9. The molecule has 0 aliphatic carbocycles. The van der Waals surface area contributed by atoms with E-state index < -0.39 is 0 Å². The average molecular weight is 767 g/mol. The third-order valence-corrected chi connectivity index (χ3v) is 11.7. The van der Waals surface area contributed by atoms with Crippen LogP contribution in [0.2, 0.25) is 0 Å². The molecule has 1 aromatic heterocycles. The fraction of sp³-hybridized carbons (Fsp3) is 0.327. The van der Waals surface area contributed by atoms with Gasteiger partial charge in [0, 0.05) is 11.1 Å². The molecule has 0 atom stereocenters. The number of nitrogens with zero attached hydrogens (tertiary/aromatic N) is 2. The minimum absolute atomic E-state index is 0.0921. The van der Waals surface area contributed by atoms with Crippen molar-refractivity contribution in [1.82, 2.24) is 9.55 Å². The summed E-state index contributed by atoms with van der Waals surface area (Å²) < 4.78 is 2.37. The number of hydrogen-bond acceptors (Lipinski definition) is 2. The van der Waals surface area contributed by atoms with E-state index in [1.165, 1.54) is 44.5 Å². The summed E-state index contributed by atoms with van der Waals surface area (Å²) >= 11 is 0. The lowest BCUT2D eigenvalue weighted by Gasteiger charge is -2.28. The van der Waals surface area contributed by atoms with Gasteiger partial charge in [-0.05, 0) is 102 Å². The molecule has 3 heteroatoms. The molecule has 0 saturated heterocycles. The van der Waals surface area contributed by atoms with Crippen molar-refractivity contribution in [2.24, 2.45) is 0 Å². The van der Waals surface area contributed by atoms with E-state index in [-0.39, 0.29) is 28.1 Å². The largest absolute Gasteiger partial charge is 0.507 e. The standard InChI is InChI=1S/C55H62N2O/c1-34(2)43-24-18-25-44(35(3)4)50(43)57-48-27-19-26-45(49(48)56-52(57)46-32-42(54(8,9)10)33-47(51(46)58)55(11,12)13)40-29-39(30-41(31-40)53(5,6)7)38-23-17-22-37(28-38)36-20-15-14-16-21-36/h14-35,58H,1-13H3. The van der Waals surface area contributed by atoms with Gasteiger partial charge in [0.2, 0.25) is 0 Å². The number of rotatable bonds is 7. The lowest BCUT2D eigenvalue weighted by molar-refractivity contribution is 0.446. The molecule has 6 aromatic carbocycles. The van der Waals surface area contributed by atoms with Crippen LogP contribution in [0.3, 0.4) is 0 Å². The summed E-state index contributed by atoms with van der Waals surface area (Å²) in [6, 6.07) is 44.3. The highest BCUT2D eigenvalue weighted by molar-refractivity contribution is 5.97. The number of benzene rings is 6. The lowest BCUT2D eigenvalue weighted by Crippen LogP contribution is -2.17. The number of phenols is 1. The zero-order valence-electron chi connectivity index (χ0n) is 37.0. The van der Waals surface area contributed by atoms with Crippen LogP contribution in [0.25, 0.3) is 61.5 Å². The van der Waals surface area contributed by atoms with Gasteiger partial charge in [0.1, 0.15) is 11.6 Å². The quantitative estimate of drug-likeness (QED) is 0.175. The monoisotopic (exact) mass is 766 g/mol. The van der Waals surface area contributed by atoms with Gasteiger partial charge in [-0.25, -0.2) is 4.98 Å². The molecule has 7 rings (SSSR count). The summed E-state index contributed by atoms with van der Waals surface area (Å²) in [6.45, 7) is 29.2. The first-order valence-electron chi connectivity index (χ1n) is 21.1. The lowest BCUT2D eigenvalue weighted by atomic mass is 9.79. The number of phenolic OH excluding ortho intramolecular Hbond substituents is 1. The first kappa shape index (κ1) is 40.8. The molecule has 58 heavy (non-hydrogen) atoms. The fourth-order valence-electron chi connectivity index (χ4n) is 8.21. The minimum atomic E-state index is -0.289. The molecule has 3 nitrogen and oxygen atoms in total. The highest BCUT2D eigenvalue weighted by Crippen LogP contribution is 2.46. The average Bonchev–Trinajstić information content (AvgIpc) is 3.55. The molecule has 0 unspecified atom stereocenters. The third kappa shape index (κ3) is 7.76. The van der Waals surface area contributed by atoms with Crippen LogP contribution in [-0.4, -0.2) is 14.7 Å². The van der Waals surface area contributed by atoms with Gasteiger partial charge in [-0.3, -0.25) is 4.57 Å². The van der Waals surface area contributed by atoms with Gasteiger partial charge in [-0.2, -0.15) is 0 Å². The van der Waals surface area contributed by atoms with Crippen LogP contribution < -0.4 is 0 Å². The molecular weight excluding hydrogens is 705 g/mol. The Hall–Kier alpha value is -5.41. The molecule has 1 heterocycles. The molecule has 1 N–H and O–H groups in total. The molecule has 0 amide bonds. The number of imidazole rings is 1. The number of aromatic nitrogens is 2. The van der Waals surface area contributed by atoms with Gasteiger partial charge in [0.15, 0.2) is 0 Å². The smallest absolute Gasteiger partial charge is 0.149 e. The van der Waals surface area contributed by atoms with E-state index in [0.29, 0.717) is 5.75 Å². The second-order valence-electron chi connectivity index (χ2n) is 20.0. The number of para-hydroxylation sites is 2. The maximum absolute atomic E-state index is 12.4. The van der Waals surface area contributed by atoms with Crippen LogP contribution in [0.1, 0.15) is 130 Å². The second kappa shape index (κ2) is 15.1. The maximum Gasteiger partial charge on any atom is 0.149 e. The van der Waals surface area contributed by atoms with Crippen molar-refractivity contribution in [3.63, 3.8) is 0 Å². The van der Waals surface area contributed by atoms with Crippen LogP contribution in [0.5, 0.6) is 5.75 Å². The summed E-state index contributed by atoms with van der Waals surface area (Å²) in [4.78, 5) is 5.69. The third-order valence-electron chi connectivity index (χ3n) is 11.7. The highest BCUT2D eigenvalue weighted by Gasteiger charge is 2.30.